The first-order valence-corrected chi connectivity index (χ1v) is 9.31. The van der Waals surface area contributed by atoms with Crippen LogP contribution in [0.3, 0.4) is 0 Å². The topological polar surface area (TPSA) is 45.8 Å². The zero-order valence-corrected chi connectivity index (χ0v) is 15.1. The van der Waals surface area contributed by atoms with Crippen LogP contribution in [0.2, 0.25) is 0 Å². The largest absolute Gasteiger partial charge is 0.298 e. The molecule has 2 bridgehead atoms. The minimum atomic E-state index is 0.411. The van der Waals surface area contributed by atoms with Crippen molar-refractivity contribution in [1.82, 2.24) is 10.2 Å². The van der Waals surface area contributed by atoms with Crippen molar-refractivity contribution in [2.75, 3.05) is 0 Å². The highest BCUT2D eigenvalue weighted by Crippen LogP contribution is 2.62. The normalized spacial score (nSPS) is 22.4. The average molecular weight is 342 g/mol. The first-order valence-electron chi connectivity index (χ1n) is 9.31. The van der Waals surface area contributed by atoms with Crippen LogP contribution in [0.4, 0.5) is 0 Å². The van der Waals surface area contributed by atoms with E-state index in [0.717, 1.165) is 35.4 Å². The molecule has 1 saturated carbocycles. The Bertz CT molecular complexity index is 980. The van der Waals surface area contributed by atoms with E-state index in [-0.39, 0.29) is 0 Å². The van der Waals surface area contributed by atoms with Gasteiger partial charge in [-0.15, -0.1) is 0 Å². The lowest BCUT2D eigenvalue weighted by Gasteiger charge is -2.55. The summed E-state index contributed by atoms with van der Waals surface area (Å²) in [5.41, 5.74) is 8.47. The van der Waals surface area contributed by atoms with E-state index in [4.69, 9.17) is 0 Å². The van der Waals surface area contributed by atoms with Gasteiger partial charge in [0.05, 0.1) is 5.69 Å². The molecule has 3 aliphatic rings. The molecule has 0 aliphatic heterocycles. The molecule has 130 valence electrons. The number of nitrogens with zero attached hydrogens (tertiary/aromatic N) is 1. The Morgan fingerprint density at radius 3 is 2.23 bits per heavy atom. The van der Waals surface area contributed by atoms with Crippen LogP contribution in [0, 0.1) is 11.3 Å². The van der Waals surface area contributed by atoms with Gasteiger partial charge in [0.25, 0.3) is 0 Å². The van der Waals surface area contributed by atoms with Gasteiger partial charge in [0, 0.05) is 28.3 Å². The maximum absolute atomic E-state index is 10.8. The lowest BCUT2D eigenvalue weighted by atomic mass is 9.48. The van der Waals surface area contributed by atoms with Gasteiger partial charge in [-0.05, 0) is 35.3 Å². The first-order chi connectivity index (χ1) is 12.6. The monoisotopic (exact) mass is 342 g/mol. The van der Waals surface area contributed by atoms with E-state index in [1.54, 1.807) is 0 Å². The Morgan fingerprint density at radius 1 is 1.00 bits per heavy atom. The predicted molar refractivity (Wildman–Crippen MR) is 103 cm³/mol. The molecule has 1 aromatic heterocycles. The fourth-order valence-electron chi connectivity index (χ4n) is 4.79. The molecule has 3 heteroatoms. The van der Waals surface area contributed by atoms with Crippen molar-refractivity contribution in [3.05, 3.63) is 65.4 Å². The van der Waals surface area contributed by atoms with Crippen molar-refractivity contribution in [2.45, 2.75) is 32.6 Å². The van der Waals surface area contributed by atoms with Crippen molar-refractivity contribution in [3.8, 4) is 22.4 Å². The zero-order chi connectivity index (χ0) is 17.9. The molecule has 3 nitrogen and oxygen atoms in total. The molecule has 1 heterocycles. The van der Waals surface area contributed by atoms with Crippen molar-refractivity contribution in [3.63, 3.8) is 0 Å². The fourth-order valence-corrected chi connectivity index (χ4v) is 4.79. The second kappa shape index (κ2) is 5.41. The highest BCUT2D eigenvalue weighted by Gasteiger charge is 2.54. The maximum Gasteiger partial charge on any atom is 0.150 e. The summed E-state index contributed by atoms with van der Waals surface area (Å²) in [6.07, 6.45) is 3.32. The number of aldehydes is 1. The third-order valence-corrected chi connectivity index (χ3v) is 6.71. The Kier molecular flexibility index (Phi) is 3.24. The zero-order valence-electron chi connectivity index (χ0n) is 15.1. The van der Waals surface area contributed by atoms with Crippen molar-refractivity contribution in [2.24, 2.45) is 11.3 Å². The quantitative estimate of drug-likeness (QED) is 0.661. The minimum absolute atomic E-state index is 0.411. The number of hydrogen-bond donors (Lipinski definition) is 1. The molecule has 0 saturated heterocycles. The van der Waals surface area contributed by atoms with Crippen LogP contribution >= 0.6 is 0 Å². The number of H-pyrrole nitrogens is 1. The van der Waals surface area contributed by atoms with E-state index in [2.05, 4.69) is 48.3 Å². The summed E-state index contributed by atoms with van der Waals surface area (Å²) in [4.78, 5) is 10.8. The third kappa shape index (κ3) is 2.13. The van der Waals surface area contributed by atoms with Crippen molar-refractivity contribution < 1.29 is 4.79 Å². The van der Waals surface area contributed by atoms with Gasteiger partial charge in [0.2, 0.25) is 0 Å². The smallest absolute Gasteiger partial charge is 0.150 e. The molecular formula is C23H22N2O. The SMILES string of the molecule is CC1(C)C2Cc3c(-c4ccc(-c5ccc(C=O)cc5)cc4)n[nH]c3C1C2. The molecule has 2 atom stereocenters. The molecule has 6 rings (SSSR count). The third-order valence-electron chi connectivity index (χ3n) is 6.71. The number of aromatic amines is 1. The summed E-state index contributed by atoms with van der Waals surface area (Å²) in [5, 5.41) is 8.02. The summed E-state index contributed by atoms with van der Waals surface area (Å²) in [5.74, 6) is 1.42. The summed E-state index contributed by atoms with van der Waals surface area (Å²) < 4.78 is 0. The molecule has 2 unspecified atom stereocenters. The van der Waals surface area contributed by atoms with Crippen LogP contribution in [0.5, 0.6) is 0 Å². The van der Waals surface area contributed by atoms with E-state index < -0.39 is 0 Å². The van der Waals surface area contributed by atoms with Gasteiger partial charge < -0.3 is 0 Å². The van der Waals surface area contributed by atoms with Gasteiger partial charge in [0.1, 0.15) is 6.29 Å². The second-order valence-electron chi connectivity index (χ2n) is 8.29. The summed E-state index contributed by atoms with van der Waals surface area (Å²) >= 11 is 0. The van der Waals surface area contributed by atoms with Gasteiger partial charge in [-0.1, -0.05) is 62.4 Å². The molecule has 0 amide bonds. The predicted octanol–water partition coefficient (Wildman–Crippen LogP) is 5.24. The lowest BCUT2D eigenvalue weighted by molar-refractivity contribution is 0.0164. The average Bonchev–Trinajstić information content (AvgIpc) is 3.12. The second-order valence-corrected chi connectivity index (χ2v) is 8.29. The van der Waals surface area contributed by atoms with Gasteiger partial charge in [-0.2, -0.15) is 5.10 Å². The molecule has 1 fully saturated rings. The summed E-state index contributed by atoms with van der Waals surface area (Å²) in [6, 6.07) is 16.3. The molecule has 1 N–H and O–H groups in total. The van der Waals surface area contributed by atoms with Crippen LogP contribution in [0.1, 0.15) is 47.8 Å². The van der Waals surface area contributed by atoms with E-state index in [0.29, 0.717) is 16.9 Å². The molecule has 0 spiro atoms. The fraction of sp³-hybridized carbons (Fsp3) is 0.304. The first kappa shape index (κ1) is 15.6. The summed E-state index contributed by atoms with van der Waals surface area (Å²) in [6.45, 7) is 4.78. The Hall–Kier alpha value is -2.68. The number of carbonyl (C=O) groups is 1. The van der Waals surface area contributed by atoms with Gasteiger partial charge in [-0.25, -0.2) is 0 Å². The number of rotatable bonds is 3. The maximum atomic E-state index is 10.8. The minimum Gasteiger partial charge on any atom is -0.298 e. The number of carbonyl (C=O) groups excluding carboxylic acids is 1. The van der Waals surface area contributed by atoms with Crippen LogP contribution < -0.4 is 0 Å². The van der Waals surface area contributed by atoms with Crippen LogP contribution in [-0.2, 0) is 6.42 Å². The Labute approximate surface area is 153 Å². The molecule has 0 radical (unpaired) electrons. The van der Waals surface area contributed by atoms with Gasteiger partial charge in [0.15, 0.2) is 0 Å². The Morgan fingerprint density at radius 2 is 1.62 bits per heavy atom. The van der Waals surface area contributed by atoms with E-state index in [9.17, 15) is 4.79 Å². The van der Waals surface area contributed by atoms with E-state index in [1.807, 2.05) is 24.3 Å². The highest BCUT2D eigenvalue weighted by molar-refractivity contribution is 5.77. The lowest BCUT2D eigenvalue weighted by Crippen LogP contribution is -2.48. The number of benzene rings is 2. The number of hydrogen-bond acceptors (Lipinski definition) is 2. The molecule has 3 aromatic rings. The van der Waals surface area contributed by atoms with E-state index in [1.165, 1.54) is 23.2 Å². The molecular weight excluding hydrogens is 320 g/mol. The van der Waals surface area contributed by atoms with Crippen LogP contribution in [-0.4, -0.2) is 16.5 Å². The highest BCUT2D eigenvalue weighted by atomic mass is 16.1. The Balaban J connectivity index is 1.46. The van der Waals surface area contributed by atoms with Crippen molar-refractivity contribution in [1.29, 1.82) is 0 Å². The summed E-state index contributed by atoms with van der Waals surface area (Å²) in [7, 11) is 0. The van der Waals surface area contributed by atoms with Gasteiger partial charge >= 0.3 is 0 Å². The van der Waals surface area contributed by atoms with Gasteiger partial charge in [-0.3, -0.25) is 9.89 Å². The molecule has 2 aromatic carbocycles. The number of aromatic nitrogens is 2. The molecule has 3 aliphatic carbocycles. The molecule has 26 heavy (non-hydrogen) atoms. The van der Waals surface area contributed by atoms with Crippen molar-refractivity contribution >= 4 is 6.29 Å². The number of nitrogens with one attached hydrogen (secondary N) is 1. The van der Waals surface area contributed by atoms with Crippen LogP contribution in [0.25, 0.3) is 22.4 Å². The van der Waals surface area contributed by atoms with E-state index >= 15 is 0 Å². The standard InChI is InChI=1S/C23H22N2O/c1-23(2)18-11-19-21(24-25-22(19)20(23)12-18)17-9-7-16(8-10-17)15-5-3-14(13-26)4-6-15/h3-10,13,18,20H,11-12H2,1-2H3,(H,24,25). The van der Waals surface area contributed by atoms with Crippen LogP contribution in [0.15, 0.2) is 48.5 Å².